The van der Waals surface area contributed by atoms with Crippen molar-refractivity contribution in [3.8, 4) is 11.5 Å². The molecule has 0 aliphatic carbocycles. The van der Waals surface area contributed by atoms with Crippen LogP contribution in [0.5, 0.6) is 11.5 Å². The number of phenols is 2. The SMILES string of the molecule is CNC(=O)c1cc(=O)oc2cc(O)cc(O)c12. The molecule has 0 aliphatic rings. The van der Waals surface area contributed by atoms with Gasteiger partial charge in [-0.1, -0.05) is 0 Å². The third-order valence-electron chi connectivity index (χ3n) is 2.28. The summed E-state index contributed by atoms with van der Waals surface area (Å²) in [6.45, 7) is 0. The number of carbonyl (C=O) groups is 1. The molecule has 1 amide bonds. The van der Waals surface area contributed by atoms with E-state index >= 15 is 0 Å². The summed E-state index contributed by atoms with van der Waals surface area (Å²) >= 11 is 0. The van der Waals surface area contributed by atoms with Crippen LogP contribution in [0, 0.1) is 0 Å². The number of phenolic OH excluding ortho intramolecular Hbond substituents is 2. The van der Waals surface area contributed by atoms with E-state index in [0.29, 0.717) is 0 Å². The fraction of sp³-hybridized carbons (Fsp3) is 0.0909. The number of hydrogen-bond acceptors (Lipinski definition) is 5. The molecule has 88 valence electrons. The van der Waals surface area contributed by atoms with Crippen molar-refractivity contribution in [2.45, 2.75) is 0 Å². The van der Waals surface area contributed by atoms with Crippen LogP contribution in [0.15, 0.2) is 27.4 Å². The quantitative estimate of drug-likeness (QED) is 0.627. The van der Waals surface area contributed by atoms with Crippen LogP contribution < -0.4 is 10.9 Å². The van der Waals surface area contributed by atoms with Crippen LogP contribution in [0.3, 0.4) is 0 Å². The third kappa shape index (κ3) is 1.80. The van der Waals surface area contributed by atoms with Gasteiger partial charge < -0.3 is 19.9 Å². The van der Waals surface area contributed by atoms with Crippen molar-refractivity contribution in [2.24, 2.45) is 0 Å². The zero-order valence-electron chi connectivity index (χ0n) is 8.85. The summed E-state index contributed by atoms with van der Waals surface area (Å²) in [5.74, 6) is -1.11. The fourth-order valence-electron chi connectivity index (χ4n) is 1.58. The largest absolute Gasteiger partial charge is 0.508 e. The maximum absolute atomic E-state index is 11.6. The van der Waals surface area contributed by atoms with Crippen LogP contribution in [0.1, 0.15) is 10.4 Å². The molecule has 1 aromatic heterocycles. The Morgan fingerprint density at radius 1 is 1.29 bits per heavy atom. The Labute approximate surface area is 95.1 Å². The first kappa shape index (κ1) is 11.0. The van der Waals surface area contributed by atoms with E-state index in [2.05, 4.69) is 5.32 Å². The second-order valence-corrected chi connectivity index (χ2v) is 3.40. The van der Waals surface area contributed by atoms with E-state index in [1.54, 1.807) is 0 Å². The van der Waals surface area contributed by atoms with Crippen molar-refractivity contribution in [3.05, 3.63) is 34.2 Å². The van der Waals surface area contributed by atoms with Crippen LogP contribution in [0.4, 0.5) is 0 Å². The zero-order chi connectivity index (χ0) is 12.6. The Morgan fingerprint density at radius 3 is 2.65 bits per heavy atom. The van der Waals surface area contributed by atoms with Crippen molar-refractivity contribution in [2.75, 3.05) is 7.05 Å². The monoisotopic (exact) mass is 235 g/mol. The summed E-state index contributed by atoms with van der Waals surface area (Å²) in [6, 6.07) is 3.20. The second kappa shape index (κ2) is 3.82. The van der Waals surface area contributed by atoms with E-state index in [0.717, 1.165) is 18.2 Å². The van der Waals surface area contributed by atoms with Gasteiger partial charge in [0.05, 0.1) is 10.9 Å². The smallest absolute Gasteiger partial charge is 0.337 e. The Morgan fingerprint density at radius 2 is 2.00 bits per heavy atom. The van der Waals surface area contributed by atoms with Gasteiger partial charge in [-0.05, 0) is 0 Å². The van der Waals surface area contributed by atoms with E-state index in [9.17, 15) is 19.8 Å². The lowest BCUT2D eigenvalue weighted by atomic mass is 10.1. The highest BCUT2D eigenvalue weighted by molar-refractivity contribution is 6.07. The van der Waals surface area contributed by atoms with E-state index in [4.69, 9.17) is 4.42 Å². The Bertz CT molecular complexity index is 659. The molecule has 0 bridgehead atoms. The molecule has 0 atom stereocenters. The molecule has 2 aromatic rings. The van der Waals surface area contributed by atoms with Crippen LogP contribution >= 0.6 is 0 Å². The molecule has 1 aromatic carbocycles. The number of amides is 1. The number of benzene rings is 1. The molecule has 1 heterocycles. The van der Waals surface area contributed by atoms with Gasteiger partial charge in [-0.25, -0.2) is 4.79 Å². The molecular formula is C11H9NO5. The average Bonchev–Trinajstić information content (AvgIpc) is 2.25. The maximum Gasteiger partial charge on any atom is 0.337 e. The summed E-state index contributed by atoms with van der Waals surface area (Å²) in [7, 11) is 1.40. The molecule has 0 saturated heterocycles. The summed E-state index contributed by atoms with van der Waals surface area (Å²) in [4.78, 5) is 22.8. The lowest BCUT2D eigenvalue weighted by Crippen LogP contribution is -2.20. The molecule has 0 saturated carbocycles. The molecular weight excluding hydrogens is 226 g/mol. The predicted molar refractivity (Wildman–Crippen MR) is 59.2 cm³/mol. The van der Waals surface area contributed by atoms with Crippen LogP contribution in [-0.4, -0.2) is 23.2 Å². The van der Waals surface area contributed by atoms with Gasteiger partial charge in [-0.3, -0.25) is 4.79 Å². The summed E-state index contributed by atoms with van der Waals surface area (Å²) < 4.78 is 4.80. The Kier molecular flexibility index (Phi) is 2.47. The minimum Gasteiger partial charge on any atom is -0.508 e. The van der Waals surface area contributed by atoms with Gasteiger partial charge in [-0.2, -0.15) is 0 Å². The molecule has 17 heavy (non-hydrogen) atoms. The van der Waals surface area contributed by atoms with Gasteiger partial charge in [0.1, 0.15) is 17.1 Å². The first-order valence-electron chi connectivity index (χ1n) is 4.75. The van der Waals surface area contributed by atoms with E-state index in [-0.39, 0.29) is 28.0 Å². The summed E-state index contributed by atoms with van der Waals surface area (Å²) in [6.07, 6.45) is 0. The van der Waals surface area contributed by atoms with Gasteiger partial charge in [0.25, 0.3) is 5.91 Å². The number of aromatic hydroxyl groups is 2. The Hall–Kier alpha value is -2.50. The number of fused-ring (bicyclic) bond motifs is 1. The molecule has 2 rings (SSSR count). The van der Waals surface area contributed by atoms with Crippen molar-refractivity contribution in [1.82, 2.24) is 5.32 Å². The maximum atomic E-state index is 11.6. The molecule has 0 spiro atoms. The van der Waals surface area contributed by atoms with E-state index in [1.165, 1.54) is 7.05 Å². The molecule has 3 N–H and O–H groups in total. The molecule has 0 fully saturated rings. The summed E-state index contributed by atoms with van der Waals surface area (Å²) in [5, 5.41) is 21.4. The second-order valence-electron chi connectivity index (χ2n) is 3.40. The van der Waals surface area contributed by atoms with E-state index < -0.39 is 11.5 Å². The van der Waals surface area contributed by atoms with E-state index in [1.807, 2.05) is 0 Å². The van der Waals surface area contributed by atoms with Crippen molar-refractivity contribution in [3.63, 3.8) is 0 Å². The third-order valence-corrected chi connectivity index (χ3v) is 2.28. The lowest BCUT2D eigenvalue weighted by molar-refractivity contribution is 0.0964. The standard InChI is InChI=1S/C11H9NO5/c1-12-11(16)6-4-9(15)17-8-3-5(13)2-7(14)10(6)8/h2-4,13-14H,1H3,(H,12,16). The minimum absolute atomic E-state index is 0.00347. The number of carbonyl (C=O) groups excluding carboxylic acids is 1. The highest BCUT2D eigenvalue weighted by Gasteiger charge is 2.16. The van der Waals surface area contributed by atoms with Crippen molar-refractivity contribution in [1.29, 1.82) is 0 Å². The lowest BCUT2D eigenvalue weighted by Gasteiger charge is -2.06. The zero-order valence-corrected chi connectivity index (χ0v) is 8.85. The average molecular weight is 235 g/mol. The molecule has 0 radical (unpaired) electrons. The van der Waals surface area contributed by atoms with Gasteiger partial charge in [0.2, 0.25) is 0 Å². The van der Waals surface area contributed by atoms with Crippen molar-refractivity contribution >= 4 is 16.9 Å². The number of nitrogens with one attached hydrogen (secondary N) is 1. The van der Waals surface area contributed by atoms with Crippen LogP contribution in [0.2, 0.25) is 0 Å². The Balaban J connectivity index is 2.92. The van der Waals surface area contributed by atoms with Gasteiger partial charge >= 0.3 is 5.63 Å². The van der Waals surface area contributed by atoms with Gasteiger partial charge in [-0.15, -0.1) is 0 Å². The van der Waals surface area contributed by atoms with Crippen LogP contribution in [-0.2, 0) is 0 Å². The predicted octanol–water partition coefficient (Wildman–Crippen LogP) is 0.564. The number of rotatable bonds is 1. The first-order valence-corrected chi connectivity index (χ1v) is 4.75. The fourth-order valence-corrected chi connectivity index (χ4v) is 1.58. The van der Waals surface area contributed by atoms with Crippen molar-refractivity contribution < 1.29 is 19.4 Å². The summed E-state index contributed by atoms with van der Waals surface area (Å²) in [5.41, 5.74) is -0.786. The van der Waals surface area contributed by atoms with Gasteiger partial charge in [0, 0.05) is 25.2 Å². The highest BCUT2D eigenvalue weighted by atomic mass is 16.4. The topological polar surface area (TPSA) is 99.8 Å². The molecule has 6 nitrogen and oxygen atoms in total. The molecule has 0 aliphatic heterocycles. The normalized spacial score (nSPS) is 10.4. The molecule has 6 heteroatoms. The number of hydrogen-bond donors (Lipinski definition) is 3. The first-order chi connectivity index (χ1) is 8.02. The molecule has 0 unspecified atom stereocenters. The highest BCUT2D eigenvalue weighted by Crippen LogP contribution is 2.31. The van der Waals surface area contributed by atoms with Crippen LogP contribution in [0.25, 0.3) is 11.0 Å². The minimum atomic E-state index is -0.735. The van der Waals surface area contributed by atoms with Gasteiger partial charge in [0.15, 0.2) is 0 Å².